The lowest BCUT2D eigenvalue weighted by Gasteiger charge is -2.23. The average Bonchev–Trinajstić information content (AvgIpc) is 3.30. The summed E-state index contributed by atoms with van der Waals surface area (Å²) in [6.07, 6.45) is 1.91. The van der Waals surface area contributed by atoms with Gasteiger partial charge in [-0.1, -0.05) is 26.0 Å². The van der Waals surface area contributed by atoms with E-state index < -0.39 is 29.7 Å². The van der Waals surface area contributed by atoms with Gasteiger partial charge < -0.3 is 15.1 Å². The molecular weight excluding hydrogens is 412 g/mol. The monoisotopic (exact) mass is 440 g/mol. The molecule has 0 aliphatic rings. The summed E-state index contributed by atoms with van der Waals surface area (Å²) in [4.78, 5) is 37.5. The van der Waals surface area contributed by atoms with Gasteiger partial charge in [-0.2, -0.15) is 5.26 Å². The lowest BCUT2D eigenvalue weighted by Crippen LogP contribution is -2.50. The molecule has 2 aromatic rings. The highest BCUT2D eigenvalue weighted by Crippen LogP contribution is 2.17. The summed E-state index contributed by atoms with van der Waals surface area (Å²) in [6, 6.07) is 11.3. The van der Waals surface area contributed by atoms with E-state index >= 15 is 0 Å². The fraction of sp³-hybridized carbons (Fsp3) is 0.391. The summed E-state index contributed by atoms with van der Waals surface area (Å²) in [7, 11) is 0. The minimum Gasteiger partial charge on any atom is -0.467 e. The molecule has 0 aliphatic heterocycles. The summed E-state index contributed by atoms with van der Waals surface area (Å²) in [5.74, 6) is -1.54. The molecule has 0 bridgehead atoms. The third-order valence-corrected chi connectivity index (χ3v) is 4.86. The number of hydroxylamine groups is 1. The van der Waals surface area contributed by atoms with Crippen molar-refractivity contribution >= 4 is 17.7 Å². The van der Waals surface area contributed by atoms with Gasteiger partial charge in [0.25, 0.3) is 0 Å². The van der Waals surface area contributed by atoms with E-state index in [1.54, 1.807) is 41.9 Å². The number of benzene rings is 1. The van der Waals surface area contributed by atoms with Crippen molar-refractivity contribution in [3.05, 3.63) is 59.5 Å². The van der Waals surface area contributed by atoms with Crippen LogP contribution in [-0.2, 0) is 27.3 Å². The van der Waals surface area contributed by atoms with Crippen molar-refractivity contribution in [3.63, 3.8) is 0 Å². The summed E-state index contributed by atoms with van der Waals surface area (Å²) in [6.45, 7) is 4.00. The number of nitrogens with zero attached hydrogens (tertiary/aromatic N) is 1. The van der Waals surface area contributed by atoms with Crippen molar-refractivity contribution in [1.82, 2.24) is 16.1 Å². The topological polar surface area (TPSA) is 144 Å². The first-order chi connectivity index (χ1) is 15.3. The van der Waals surface area contributed by atoms with E-state index in [0.29, 0.717) is 17.7 Å². The van der Waals surface area contributed by atoms with E-state index in [0.717, 1.165) is 5.56 Å². The summed E-state index contributed by atoms with van der Waals surface area (Å²) in [5, 5.41) is 23.3. The lowest BCUT2D eigenvalue weighted by atomic mass is 9.92. The Kier molecular flexibility index (Phi) is 9.44. The van der Waals surface area contributed by atoms with Crippen molar-refractivity contribution in [2.75, 3.05) is 0 Å². The van der Waals surface area contributed by atoms with Crippen LogP contribution in [0.1, 0.15) is 43.6 Å². The first-order valence-corrected chi connectivity index (χ1v) is 10.3. The second kappa shape index (κ2) is 12.3. The Bertz CT molecular complexity index is 932. The van der Waals surface area contributed by atoms with Gasteiger partial charge in [0.1, 0.15) is 11.8 Å². The highest BCUT2D eigenvalue weighted by molar-refractivity contribution is 5.90. The standard InChI is InChI=1S/C23H28N4O5/c1-15(2)10-18(12-21(28)27-31)22(29)26-20(11-16-5-7-17(13-24)8-6-16)23(30)25-14-19-4-3-9-32-19/h3-9,15,18,20,31H,10-12,14H2,1-2H3,(H,25,30)(H,26,29)(H,27,28)/t18-,20+/m1/s1. The zero-order chi connectivity index (χ0) is 23.5. The van der Waals surface area contributed by atoms with Crippen molar-refractivity contribution in [2.45, 2.75) is 45.7 Å². The second-order valence-corrected chi connectivity index (χ2v) is 7.94. The predicted octanol–water partition coefficient (Wildman–Crippen LogP) is 2.05. The summed E-state index contributed by atoms with van der Waals surface area (Å²) in [5.41, 5.74) is 2.80. The highest BCUT2D eigenvalue weighted by atomic mass is 16.5. The van der Waals surface area contributed by atoms with E-state index in [9.17, 15) is 14.4 Å². The molecule has 170 valence electrons. The van der Waals surface area contributed by atoms with Crippen LogP contribution in [0.15, 0.2) is 47.1 Å². The normalized spacial score (nSPS) is 12.5. The van der Waals surface area contributed by atoms with Gasteiger partial charge >= 0.3 is 0 Å². The van der Waals surface area contributed by atoms with Crippen LogP contribution in [0.2, 0.25) is 0 Å². The van der Waals surface area contributed by atoms with Gasteiger partial charge in [-0.15, -0.1) is 0 Å². The number of rotatable bonds is 11. The molecule has 0 radical (unpaired) electrons. The minimum absolute atomic E-state index is 0.127. The molecule has 2 rings (SSSR count). The number of amides is 3. The van der Waals surface area contributed by atoms with Crippen LogP contribution in [0.4, 0.5) is 0 Å². The maximum atomic E-state index is 13.0. The Hall–Kier alpha value is -3.64. The number of carbonyl (C=O) groups excluding carboxylic acids is 3. The molecule has 0 saturated carbocycles. The number of furan rings is 1. The molecule has 9 heteroatoms. The van der Waals surface area contributed by atoms with Crippen LogP contribution in [0, 0.1) is 23.2 Å². The van der Waals surface area contributed by atoms with E-state index in [1.807, 2.05) is 19.9 Å². The molecule has 3 amide bonds. The molecule has 9 nitrogen and oxygen atoms in total. The minimum atomic E-state index is -0.905. The number of nitrogens with one attached hydrogen (secondary N) is 3. The van der Waals surface area contributed by atoms with Gasteiger partial charge in [0, 0.05) is 18.8 Å². The SMILES string of the molecule is CC(C)C[C@H](CC(=O)NO)C(=O)N[C@@H](Cc1ccc(C#N)cc1)C(=O)NCc1ccco1. The zero-order valence-electron chi connectivity index (χ0n) is 18.1. The summed E-state index contributed by atoms with van der Waals surface area (Å²) < 4.78 is 5.23. The number of nitriles is 1. The Morgan fingerprint density at radius 3 is 2.41 bits per heavy atom. The lowest BCUT2D eigenvalue weighted by molar-refractivity contribution is -0.136. The largest absolute Gasteiger partial charge is 0.467 e. The van der Waals surface area contributed by atoms with Crippen molar-refractivity contribution in [3.8, 4) is 6.07 Å². The van der Waals surface area contributed by atoms with Crippen LogP contribution in [0.25, 0.3) is 0 Å². The first kappa shape index (κ1) is 24.6. The molecule has 2 atom stereocenters. The molecule has 32 heavy (non-hydrogen) atoms. The highest BCUT2D eigenvalue weighted by Gasteiger charge is 2.28. The Morgan fingerprint density at radius 1 is 1.12 bits per heavy atom. The van der Waals surface area contributed by atoms with Gasteiger partial charge in [-0.25, -0.2) is 5.48 Å². The second-order valence-electron chi connectivity index (χ2n) is 7.94. The zero-order valence-corrected chi connectivity index (χ0v) is 18.1. The molecular formula is C23H28N4O5. The Labute approximate surface area is 186 Å². The van der Waals surface area contributed by atoms with Crippen molar-refractivity contribution in [1.29, 1.82) is 5.26 Å². The Balaban J connectivity index is 2.16. The average molecular weight is 441 g/mol. The third kappa shape index (κ3) is 7.89. The van der Waals surface area contributed by atoms with Crippen LogP contribution in [0.3, 0.4) is 0 Å². The fourth-order valence-electron chi connectivity index (χ4n) is 3.28. The molecule has 1 aromatic carbocycles. The summed E-state index contributed by atoms with van der Waals surface area (Å²) >= 11 is 0. The van der Waals surface area contributed by atoms with Crippen LogP contribution in [-0.4, -0.2) is 29.0 Å². The molecule has 0 aliphatic carbocycles. The first-order valence-electron chi connectivity index (χ1n) is 10.3. The number of hydrogen-bond donors (Lipinski definition) is 4. The van der Waals surface area contributed by atoms with E-state index in [-0.39, 0.29) is 25.3 Å². The van der Waals surface area contributed by atoms with Gasteiger partial charge in [-0.05, 0) is 42.2 Å². The quantitative estimate of drug-likeness (QED) is 0.311. The molecule has 0 fully saturated rings. The van der Waals surface area contributed by atoms with E-state index in [4.69, 9.17) is 14.9 Å². The van der Waals surface area contributed by atoms with Gasteiger partial charge in [-0.3, -0.25) is 19.6 Å². The maximum Gasteiger partial charge on any atom is 0.244 e. The number of carbonyl (C=O) groups is 3. The van der Waals surface area contributed by atoms with Crippen molar-refractivity contribution in [2.24, 2.45) is 11.8 Å². The fourth-order valence-corrected chi connectivity index (χ4v) is 3.28. The van der Waals surface area contributed by atoms with Gasteiger partial charge in [0.2, 0.25) is 17.7 Å². The molecule has 4 N–H and O–H groups in total. The molecule has 0 saturated heterocycles. The van der Waals surface area contributed by atoms with E-state index in [2.05, 4.69) is 10.6 Å². The van der Waals surface area contributed by atoms with Gasteiger partial charge in [0.05, 0.1) is 24.4 Å². The molecule has 1 heterocycles. The predicted molar refractivity (Wildman–Crippen MR) is 115 cm³/mol. The van der Waals surface area contributed by atoms with Crippen LogP contribution < -0.4 is 16.1 Å². The molecule has 0 unspecified atom stereocenters. The molecule has 0 spiro atoms. The Morgan fingerprint density at radius 2 is 1.84 bits per heavy atom. The molecule has 1 aromatic heterocycles. The van der Waals surface area contributed by atoms with Crippen molar-refractivity contribution < 1.29 is 24.0 Å². The number of hydrogen-bond acceptors (Lipinski definition) is 6. The third-order valence-electron chi connectivity index (χ3n) is 4.86. The maximum absolute atomic E-state index is 13.0. The van der Waals surface area contributed by atoms with Crippen LogP contribution >= 0.6 is 0 Å². The van der Waals surface area contributed by atoms with E-state index in [1.165, 1.54) is 6.26 Å². The van der Waals surface area contributed by atoms with Gasteiger partial charge in [0.15, 0.2) is 0 Å². The van der Waals surface area contributed by atoms with Crippen LogP contribution in [0.5, 0.6) is 0 Å². The smallest absolute Gasteiger partial charge is 0.244 e.